The van der Waals surface area contributed by atoms with Crippen molar-refractivity contribution in [1.82, 2.24) is 9.88 Å². The van der Waals surface area contributed by atoms with E-state index in [1.807, 2.05) is 30.3 Å². The number of hydrogen-bond donors (Lipinski definition) is 1. The van der Waals surface area contributed by atoms with Crippen molar-refractivity contribution >= 4 is 39.2 Å². The lowest BCUT2D eigenvalue weighted by Crippen LogP contribution is -2.32. The summed E-state index contributed by atoms with van der Waals surface area (Å²) in [6.07, 6.45) is 1.53. The molecule has 0 radical (unpaired) electrons. The number of halogens is 2. The quantitative estimate of drug-likeness (QED) is 0.391. The van der Waals surface area contributed by atoms with Gasteiger partial charge in [-0.1, -0.05) is 59.6 Å². The molecule has 1 atom stereocenters. The predicted octanol–water partition coefficient (Wildman–Crippen LogP) is 4.03. The van der Waals surface area contributed by atoms with Crippen molar-refractivity contribution in [3.05, 3.63) is 97.9 Å². The Kier molecular flexibility index (Phi) is 8.96. The Morgan fingerprint density at radius 2 is 1.77 bits per heavy atom. The van der Waals surface area contributed by atoms with Crippen molar-refractivity contribution in [1.29, 1.82) is 0 Å². The molecule has 3 rings (SSSR count). The minimum absolute atomic E-state index is 0.0232. The van der Waals surface area contributed by atoms with Gasteiger partial charge in [0, 0.05) is 18.8 Å². The van der Waals surface area contributed by atoms with Crippen LogP contribution >= 0.6 is 23.2 Å². The topological polar surface area (TPSA) is 104 Å². The van der Waals surface area contributed by atoms with Gasteiger partial charge in [0.25, 0.3) is 16.0 Å². The largest absolute Gasteiger partial charge is 0.483 e. The van der Waals surface area contributed by atoms with E-state index in [0.29, 0.717) is 15.6 Å². The summed E-state index contributed by atoms with van der Waals surface area (Å²) < 4.78 is 35.3. The summed E-state index contributed by atoms with van der Waals surface area (Å²) in [7, 11) is -3.73. The lowest BCUT2D eigenvalue weighted by molar-refractivity contribution is 0.0931. The van der Waals surface area contributed by atoms with Gasteiger partial charge >= 0.3 is 0 Å². The Morgan fingerprint density at radius 1 is 1.06 bits per heavy atom. The SMILES string of the molecule is CC(Cn1ccc(=O)c(OCc2ccccc2)c1C(=O)NCc1ccc(Cl)c(Cl)c1)OS(C)(=O)=O. The highest BCUT2D eigenvalue weighted by Crippen LogP contribution is 2.23. The van der Waals surface area contributed by atoms with E-state index >= 15 is 0 Å². The van der Waals surface area contributed by atoms with Gasteiger partial charge < -0.3 is 14.6 Å². The highest BCUT2D eigenvalue weighted by molar-refractivity contribution is 7.86. The summed E-state index contributed by atoms with van der Waals surface area (Å²) in [6, 6.07) is 15.4. The minimum atomic E-state index is -3.73. The van der Waals surface area contributed by atoms with E-state index in [9.17, 15) is 18.0 Å². The summed E-state index contributed by atoms with van der Waals surface area (Å²) in [6.45, 7) is 1.68. The van der Waals surface area contributed by atoms with E-state index in [1.54, 1.807) is 25.1 Å². The highest BCUT2D eigenvalue weighted by Gasteiger charge is 2.22. The van der Waals surface area contributed by atoms with Crippen molar-refractivity contribution in [3.63, 3.8) is 0 Å². The zero-order chi connectivity index (χ0) is 25.6. The third-order valence-corrected chi connectivity index (χ3v) is 6.22. The first-order chi connectivity index (χ1) is 16.5. The minimum Gasteiger partial charge on any atom is -0.483 e. The molecule has 8 nitrogen and oxygen atoms in total. The molecule has 0 aliphatic carbocycles. The second-order valence-electron chi connectivity index (χ2n) is 7.83. The standard InChI is InChI=1S/C24H24Cl2N2O6S/c1-16(34-35(2,31)32)14-28-11-10-21(29)23(33-15-17-6-4-3-5-7-17)22(28)24(30)27-13-18-8-9-19(25)20(26)12-18/h3-12,16H,13-15H2,1-2H3,(H,27,30). The molecule has 35 heavy (non-hydrogen) atoms. The summed E-state index contributed by atoms with van der Waals surface area (Å²) in [4.78, 5) is 26.0. The summed E-state index contributed by atoms with van der Waals surface area (Å²) in [5.74, 6) is -0.752. The van der Waals surface area contributed by atoms with Crippen LogP contribution in [-0.2, 0) is 34.0 Å². The fourth-order valence-corrected chi connectivity index (χ4v) is 4.31. The van der Waals surface area contributed by atoms with Gasteiger partial charge in [-0.3, -0.25) is 13.8 Å². The average Bonchev–Trinajstić information content (AvgIpc) is 2.79. The number of carbonyl (C=O) groups excluding carboxylic acids is 1. The normalized spacial score (nSPS) is 12.2. The first kappa shape index (κ1) is 26.7. The molecule has 186 valence electrons. The molecule has 2 aromatic carbocycles. The maximum Gasteiger partial charge on any atom is 0.272 e. The molecule has 0 fully saturated rings. The Hall–Kier alpha value is -2.85. The van der Waals surface area contributed by atoms with Crippen molar-refractivity contribution < 1.29 is 22.1 Å². The molecule has 0 saturated carbocycles. The lowest BCUT2D eigenvalue weighted by atomic mass is 10.2. The molecule has 11 heteroatoms. The highest BCUT2D eigenvalue weighted by atomic mass is 35.5. The summed E-state index contributed by atoms with van der Waals surface area (Å²) >= 11 is 12.0. The Labute approximate surface area is 213 Å². The van der Waals surface area contributed by atoms with Crippen LogP contribution in [0.1, 0.15) is 28.5 Å². The van der Waals surface area contributed by atoms with E-state index in [0.717, 1.165) is 11.8 Å². The van der Waals surface area contributed by atoms with Crippen LogP contribution < -0.4 is 15.5 Å². The maximum absolute atomic E-state index is 13.3. The van der Waals surface area contributed by atoms with Gasteiger partial charge in [0.15, 0.2) is 11.4 Å². The van der Waals surface area contributed by atoms with Crippen molar-refractivity contribution in [2.75, 3.05) is 6.26 Å². The molecular formula is C24H24Cl2N2O6S. The molecule has 0 bridgehead atoms. The Bertz CT molecular complexity index is 1360. The molecule has 3 aromatic rings. The number of pyridine rings is 1. The average molecular weight is 539 g/mol. The molecule has 0 aliphatic rings. The van der Waals surface area contributed by atoms with Crippen LogP contribution in [0.25, 0.3) is 0 Å². The Morgan fingerprint density at radius 3 is 2.43 bits per heavy atom. The molecule has 0 spiro atoms. The van der Waals surface area contributed by atoms with Gasteiger partial charge in [0.2, 0.25) is 5.43 Å². The number of aromatic nitrogens is 1. The van der Waals surface area contributed by atoms with Crippen LogP contribution in [0.5, 0.6) is 5.75 Å². The second-order valence-corrected chi connectivity index (χ2v) is 10.2. The zero-order valence-corrected chi connectivity index (χ0v) is 21.4. The van der Waals surface area contributed by atoms with Gasteiger partial charge in [-0.05, 0) is 30.2 Å². The zero-order valence-electron chi connectivity index (χ0n) is 19.0. The number of hydrogen-bond acceptors (Lipinski definition) is 6. The van der Waals surface area contributed by atoms with Gasteiger partial charge in [-0.25, -0.2) is 0 Å². The number of ether oxygens (including phenoxy) is 1. The van der Waals surface area contributed by atoms with Crippen molar-refractivity contribution in [3.8, 4) is 5.75 Å². The monoisotopic (exact) mass is 538 g/mol. The number of nitrogens with one attached hydrogen (secondary N) is 1. The fraction of sp³-hybridized carbons (Fsp3) is 0.250. The molecular weight excluding hydrogens is 515 g/mol. The van der Waals surface area contributed by atoms with E-state index in [2.05, 4.69) is 5.32 Å². The molecule has 1 aromatic heterocycles. The maximum atomic E-state index is 13.3. The van der Waals surface area contributed by atoms with E-state index in [1.165, 1.54) is 16.8 Å². The molecule has 0 saturated heterocycles. The van der Waals surface area contributed by atoms with Gasteiger partial charge in [0.1, 0.15) is 6.61 Å². The predicted molar refractivity (Wildman–Crippen MR) is 134 cm³/mol. The van der Waals surface area contributed by atoms with Crippen molar-refractivity contribution in [2.24, 2.45) is 0 Å². The number of amides is 1. The molecule has 1 heterocycles. The van der Waals surface area contributed by atoms with Crippen molar-refractivity contribution in [2.45, 2.75) is 32.7 Å². The molecule has 0 aliphatic heterocycles. The smallest absolute Gasteiger partial charge is 0.272 e. The van der Waals surface area contributed by atoms with Crippen LogP contribution in [0.3, 0.4) is 0 Å². The van der Waals surface area contributed by atoms with Gasteiger partial charge in [-0.15, -0.1) is 0 Å². The van der Waals surface area contributed by atoms with E-state index < -0.39 is 27.6 Å². The molecule has 1 N–H and O–H groups in total. The number of rotatable bonds is 10. The summed E-state index contributed by atoms with van der Waals surface area (Å²) in [5, 5.41) is 3.48. The van der Waals surface area contributed by atoms with E-state index in [4.69, 9.17) is 32.1 Å². The fourth-order valence-electron chi connectivity index (χ4n) is 3.33. The van der Waals surface area contributed by atoms with Crippen LogP contribution in [0.15, 0.2) is 65.6 Å². The van der Waals surface area contributed by atoms with E-state index in [-0.39, 0.29) is 31.1 Å². The van der Waals surface area contributed by atoms with Gasteiger partial charge in [0.05, 0.1) is 28.9 Å². The number of carbonyl (C=O) groups is 1. The van der Waals surface area contributed by atoms with Crippen LogP contribution in [0.2, 0.25) is 10.0 Å². The van der Waals surface area contributed by atoms with Crippen LogP contribution in [0, 0.1) is 0 Å². The number of benzene rings is 2. The van der Waals surface area contributed by atoms with Crippen LogP contribution in [-0.4, -0.2) is 31.3 Å². The van der Waals surface area contributed by atoms with Crippen LogP contribution in [0.4, 0.5) is 0 Å². The first-order valence-corrected chi connectivity index (χ1v) is 13.1. The third-order valence-electron chi connectivity index (χ3n) is 4.80. The molecule has 1 unspecified atom stereocenters. The van der Waals surface area contributed by atoms with Gasteiger partial charge in [-0.2, -0.15) is 8.42 Å². The second kappa shape index (κ2) is 11.7. The number of nitrogens with zero attached hydrogens (tertiary/aromatic N) is 1. The Balaban J connectivity index is 1.92. The first-order valence-electron chi connectivity index (χ1n) is 10.5. The summed E-state index contributed by atoms with van der Waals surface area (Å²) in [5.41, 5.74) is 0.947. The lowest BCUT2D eigenvalue weighted by Gasteiger charge is -2.20. The molecule has 1 amide bonds. The third kappa shape index (κ3) is 7.83.